The number of guanidine groups is 1. The Morgan fingerprint density at radius 2 is 1.97 bits per heavy atom. The van der Waals surface area contributed by atoms with E-state index in [0.717, 1.165) is 62.4 Å². The summed E-state index contributed by atoms with van der Waals surface area (Å²) in [6.07, 6.45) is 5.77. The van der Waals surface area contributed by atoms with E-state index in [-0.39, 0.29) is 47.8 Å². The molecule has 30 heavy (non-hydrogen) atoms. The molecule has 1 aliphatic heterocycles. The van der Waals surface area contributed by atoms with E-state index in [2.05, 4.69) is 20.9 Å². The molecule has 1 aromatic carbocycles. The fourth-order valence-corrected chi connectivity index (χ4v) is 4.09. The summed E-state index contributed by atoms with van der Waals surface area (Å²) in [5.74, 6) is 1.22. The molecule has 7 nitrogen and oxygen atoms in total. The normalized spacial score (nSPS) is 19.3. The molecule has 1 aliphatic carbocycles. The van der Waals surface area contributed by atoms with Gasteiger partial charge in [0.2, 0.25) is 11.8 Å². The lowest BCUT2D eigenvalue weighted by atomic mass is 10.1. The van der Waals surface area contributed by atoms with Gasteiger partial charge in [0.05, 0.1) is 0 Å². The highest BCUT2D eigenvalue weighted by Gasteiger charge is 2.26. The van der Waals surface area contributed by atoms with Crippen LogP contribution >= 0.6 is 24.0 Å². The standard InChI is InChI=1S/C22H33N5O2.HI/c1-3-20(28)27-12-11-19(15-27)26-22(23-2)24-14-16-7-6-10-18(13-16)25-21(29)17-8-4-5-9-17;/h6-7,10,13,17,19H,3-5,8-9,11-12,14-15H2,1-2H3,(H,25,29)(H2,23,24,26);1H. The zero-order valence-electron chi connectivity index (χ0n) is 17.9. The van der Waals surface area contributed by atoms with Crippen LogP contribution < -0.4 is 16.0 Å². The fraction of sp³-hybridized carbons (Fsp3) is 0.591. The summed E-state index contributed by atoms with van der Waals surface area (Å²) in [4.78, 5) is 30.4. The number of rotatable bonds is 6. The summed E-state index contributed by atoms with van der Waals surface area (Å²) in [5.41, 5.74) is 1.92. The number of nitrogens with zero attached hydrogens (tertiary/aromatic N) is 2. The van der Waals surface area contributed by atoms with Gasteiger partial charge in [-0.15, -0.1) is 24.0 Å². The van der Waals surface area contributed by atoms with Crippen LogP contribution in [0.1, 0.15) is 51.0 Å². The number of hydrogen-bond donors (Lipinski definition) is 3. The number of aliphatic imine (C=N–C) groups is 1. The van der Waals surface area contributed by atoms with E-state index in [1.165, 1.54) is 0 Å². The molecule has 8 heteroatoms. The van der Waals surface area contributed by atoms with Gasteiger partial charge in [0, 0.05) is 50.7 Å². The molecule has 1 atom stereocenters. The van der Waals surface area contributed by atoms with Crippen molar-refractivity contribution in [2.75, 3.05) is 25.5 Å². The number of halogens is 1. The van der Waals surface area contributed by atoms with E-state index < -0.39 is 0 Å². The van der Waals surface area contributed by atoms with E-state index in [1.807, 2.05) is 36.1 Å². The van der Waals surface area contributed by atoms with Gasteiger partial charge in [-0.25, -0.2) is 0 Å². The number of hydrogen-bond acceptors (Lipinski definition) is 3. The third kappa shape index (κ3) is 6.85. The second kappa shape index (κ2) is 12.1. The number of amides is 2. The van der Waals surface area contributed by atoms with E-state index in [9.17, 15) is 9.59 Å². The Morgan fingerprint density at radius 1 is 1.20 bits per heavy atom. The van der Waals surface area contributed by atoms with Crippen LogP contribution in [0.15, 0.2) is 29.3 Å². The molecular weight excluding hydrogens is 493 g/mol. The Hall–Kier alpha value is -1.84. The van der Waals surface area contributed by atoms with Crippen molar-refractivity contribution < 1.29 is 9.59 Å². The summed E-state index contributed by atoms with van der Waals surface area (Å²) in [5, 5.41) is 9.79. The fourth-order valence-electron chi connectivity index (χ4n) is 4.09. The molecule has 3 rings (SSSR count). The molecule has 2 amide bonds. The summed E-state index contributed by atoms with van der Waals surface area (Å²) < 4.78 is 0. The summed E-state index contributed by atoms with van der Waals surface area (Å²) >= 11 is 0. The van der Waals surface area contributed by atoms with Crippen molar-refractivity contribution in [1.29, 1.82) is 0 Å². The van der Waals surface area contributed by atoms with Crippen molar-refractivity contribution in [2.45, 2.75) is 58.0 Å². The highest BCUT2D eigenvalue weighted by Crippen LogP contribution is 2.26. The Labute approximate surface area is 196 Å². The van der Waals surface area contributed by atoms with E-state index in [0.29, 0.717) is 13.0 Å². The van der Waals surface area contributed by atoms with Crippen molar-refractivity contribution >= 4 is 47.4 Å². The lowest BCUT2D eigenvalue weighted by Gasteiger charge is -2.19. The maximum atomic E-state index is 12.3. The molecule has 166 valence electrons. The lowest BCUT2D eigenvalue weighted by molar-refractivity contribution is -0.129. The van der Waals surface area contributed by atoms with E-state index in [1.54, 1.807) is 7.05 Å². The zero-order chi connectivity index (χ0) is 20.6. The molecule has 2 aliphatic rings. The van der Waals surface area contributed by atoms with Gasteiger partial charge in [-0.2, -0.15) is 0 Å². The number of likely N-dealkylation sites (tertiary alicyclic amines) is 1. The average molecular weight is 527 g/mol. The Bertz CT molecular complexity index is 749. The van der Waals surface area contributed by atoms with Crippen molar-refractivity contribution in [2.24, 2.45) is 10.9 Å². The van der Waals surface area contributed by atoms with Crippen molar-refractivity contribution in [3.63, 3.8) is 0 Å². The predicted octanol–water partition coefficient (Wildman–Crippen LogP) is 3.11. The molecule has 0 radical (unpaired) electrons. The molecule has 1 aromatic rings. The summed E-state index contributed by atoms with van der Waals surface area (Å²) in [6.45, 7) is 4.02. The molecule has 2 fully saturated rings. The van der Waals surface area contributed by atoms with Crippen LogP contribution in [0.25, 0.3) is 0 Å². The SMILES string of the molecule is CCC(=O)N1CCC(NC(=NC)NCc2cccc(NC(=O)C3CCCC3)c2)C1.I. The van der Waals surface area contributed by atoms with Gasteiger partial charge >= 0.3 is 0 Å². The number of nitrogens with one attached hydrogen (secondary N) is 3. The maximum absolute atomic E-state index is 12.3. The van der Waals surface area contributed by atoms with Crippen LogP contribution in [0.2, 0.25) is 0 Å². The minimum absolute atomic E-state index is 0. The number of anilines is 1. The van der Waals surface area contributed by atoms with Crippen molar-refractivity contribution in [3.8, 4) is 0 Å². The largest absolute Gasteiger partial charge is 0.352 e. The number of benzene rings is 1. The second-order valence-electron chi connectivity index (χ2n) is 7.92. The molecule has 0 spiro atoms. The zero-order valence-corrected chi connectivity index (χ0v) is 20.3. The highest BCUT2D eigenvalue weighted by atomic mass is 127. The van der Waals surface area contributed by atoms with E-state index >= 15 is 0 Å². The number of carbonyl (C=O) groups excluding carboxylic acids is 2. The molecule has 1 heterocycles. The van der Waals surface area contributed by atoms with Gasteiger partial charge in [-0.05, 0) is 37.0 Å². The minimum Gasteiger partial charge on any atom is -0.352 e. The smallest absolute Gasteiger partial charge is 0.227 e. The molecule has 0 bridgehead atoms. The second-order valence-corrected chi connectivity index (χ2v) is 7.92. The summed E-state index contributed by atoms with van der Waals surface area (Å²) in [6, 6.07) is 8.14. The van der Waals surface area contributed by atoms with Crippen LogP contribution in [0, 0.1) is 5.92 Å². The van der Waals surface area contributed by atoms with Gasteiger partial charge in [-0.1, -0.05) is 31.9 Å². The Morgan fingerprint density at radius 3 is 2.67 bits per heavy atom. The van der Waals surface area contributed by atoms with Gasteiger partial charge in [0.15, 0.2) is 5.96 Å². The van der Waals surface area contributed by atoms with Gasteiger partial charge in [-0.3, -0.25) is 14.6 Å². The molecule has 1 unspecified atom stereocenters. The topological polar surface area (TPSA) is 85.8 Å². The first-order valence-corrected chi connectivity index (χ1v) is 10.7. The predicted molar refractivity (Wildman–Crippen MR) is 131 cm³/mol. The first kappa shape index (κ1) is 24.4. The van der Waals surface area contributed by atoms with Gasteiger partial charge in [0.25, 0.3) is 0 Å². The lowest BCUT2D eigenvalue weighted by Crippen LogP contribution is -2.44. The van der Waals surface area contributed by atoms with Gasteiger partial charge in [0.1, 0.15) is 0 Å². The summed E-state index contributed by atoms with van der Waals surface area (Å²) in [7, 11) is 1.75. The molecule has 0 aromatic heterocycles. The Kier molecular flexibility index (Phi) is 9.87. The molecule has 1 saturated heterocycles. The maximum Gasteiger partial charge on any atom is 0.227 e. The van der Waals surface area contributed by atoms with Crippen LogP contribution in [-0.4, -0.2) is 48.9 Å². The van der Waals surface area contributed by atoms with Crippen LogP contribution in [-0.2, 0) is 16.1 Å². The third-order valence-electron chi connectivity index (χ3n) is 5.79. The molecule has 3 N–H and O–H groups in total. The minimum atomic E-state index is 0. The molecule has 1 saturated carbocycles. The third-order valence-corrected chi connectivity index (χ3v) is 5.79. The number of carbonyl (C=O) groups is 2. The average Bonchev–Trinajstić information content (AvgIpc) is 3.43. The van der Waals surface area contributed by atoms with Crippen molar-refractivity contribution in [1.82, 2.24) is 15.5 Å². The van der Waals surface area contributed by atoms with Crippen LogP contribution in [0.5, 0.6) is 0 Å². The van der Waals surface area contributed by atoms with Gasteiger partial charge < -0.3 is 20.9 Å². The van der Waals surface area contributed by atoms with Crippen LogP contribution in [0.4, 0.5) is 5.69 Å². The Balaban J connectivity index is 0.00000320. The molecular formula is C22H34IN5O2. The quantitative estimate of drug-likeness (QED) is 0.302. The highest BCUT2D eigenvalue weighted by molar-refractivity contribution is 14.0. The van der Waals surface area contributed by atoms with Crippen LogP contribution in [0.3, 0.4) is 0 Å². The first-order chi connectivity index (χ1) is 14.1. The monoisotopic (exact) mass is 527 g/mol. The van der Waals surface area contributed by atoms with E-state index in [4.69, 9.17) is 0 Å². The van der Waals surface area contributed by atoms with Crippen molar-refractivity contribution in [3.05, 3.63) is 29.8 Å². The first-order valence-electron chi connectivity index (χ1n) is 10.7.